The summed E-state index contributed by atoms with van der Waals surface area (Å²) in [6, 6.07) is 1.99. The maximum Gasteiger partial charge on any atom is 0.0925 e. The van der Waals surface area contributed by atoms with E-state index in [-0.39, 0.29) is 6.10 Å². The van der Waals surface area contributed by atoms with E-state index in [1.54, 1.807) is 25.4 Å². The molecule has 1 N–H and O–H groups in total. The normalized spacial score (nSPS) is 17.8. The maximum absolute atomic E-state index is 10.1. The molecule has 1 aromatic rings. The summed E-state index contributed by atoms with van der Waals surface area (Å²) in [6.45, 7) is 3.68. The second-order valence-electron chi connectivity index (χ2n) is 3.60. The van der Waals surface area contributed by atoms with E-state index in [2.05, 4.69) is 15.9 Å². The van der Waals surface area contributed by atoms with Crippen LogP contribution in [0.15, 0.2) is 15.9 Å². The van der Waals surface area contributed by atoms with Crippen molar-refractivity contribution in [2.24, 2.45) is 0 Å². The minimum atomic E-state index is -0.817. The van der Waals surface area contributed by atoms with Crippen molar-refractivity contribution in [1.82, 2.24) is 0 Å². The van der Waals surface area contributed by atoms with Crippen molar-refractivity contribution in [3.8, 4) is 0 Å². The Balaban J connectivity index is 2.73. The van der Waals surface area contributed by atoms with E-state index in [9.17, 15) is 5.11 Å². The van der Waals surface area contributed by atoms with Crippen LogP contribution in [-0.4, -0.2) is 23.9 Å². The molecule has 1 aromatic heterocycles. The highest BCUT2D eigenvalue weighted by atomic mass is 79.9. The summed E-state index contributed by atoms with van der Waals surface area (Å²) in [7, 11) is 1.61. The molecule has 0 aliphatic carbocycles. The predicted octanol–water partition coefficient (Wildman–Crippen LogP) is 2.84. The van der Waals surface area contributed by atoms with Crippen LogP contribution in [-0.2, 0) is 11.2 Å². The number of halogens is 1. The lowest BCUT2D eigenvalue weighted by molar-refractivity contribution is -0.0712. The van der Waals surface area contributed by atoms with Crippen molar-refractivity contribution in [2.75, 3.05) is 7.11 Å². The summed E-state index contributed by atoms with van der Waals surface area (Å²) in [5.41, 5.74) is -0.817. The fraction of sp³-hybridized carbons (Fsp3) is 0.600. The van der Waals surface area contributed by atoms with Crippen LogP contribution in [0.5, 0.6) is 0 Å². The Morgan fingerprint density at radius 3 is 2.79 bits per heavy atom. The zero-order valence-corrected chi connectivity index (χ0v) is 11.0. The summed E-state index contributed by atoms with van der Waals surface area (Å²) in [4.78, 5) is 1.15. The van der Waals surface area contributed by atoms with Gasteiger partial charge in [-0.25, -0.2) is 0 Å². The molecule has 0 amide bonds. The topological polar surface area (TPSA) is 29.5 Å². The first kappa shape index (κ1) is 12.2. The van der Waals surface area contributed by atoms with Crippen molar-refractivity contribution in [2.45, 2.75) is 32.0 Å². The third kappa shape index (κ3) is 2.79. The van der Waals surface area contributed by atoms with Gasteiger partial charge in [0, 0.05) is 22.9 Å². The monoisotopic (exact) mass is 278 g/mol. The number of rotatable bonds is 4. The lowest BCUT2D eigenvalue weighted by Gasteiger charge is -2.28. The molecule has 2 nitrogen and oxygen atoms in total. The molecule has 80 valence electrons. The first-order valence-electron chi connectivity index (χ1n) is 4.44. The van der Waals surface area contributed by atoms with Crippen molar-refractivity contribution < 1.29 is 9.84 Å². The second-order valence-corrected chi connectivity index (χ2v) is 5.46. The van der Waals surface area contributed by atoms with Crippen molar-refractivity contribution in [1.29, 1.82) is 0 Å². The van der Waals surface area contributed by atoms with Crippen LogP contribution in [0.4, 0.5) is 0 Å². The van der Waals surface area contributed by atoms with Crippen LogP contribution >= 0.6 is 27.3 Å². The minimum Gasteiger partial charge on any atom is -0.387 e. The Morgan fingerprint density at radius 2 is 2.36 bits per heavy atom. The highest BCUT2D eigenvalue weighted by Crippen LogP contribution is 2.28. The smallest absolute Gasteiger partial charge is 0.0925 e. The molecular formula is C10H15BrO2S. The lowest BCUT2D eigenvalue weighted by atomic mass is 9.95. The molecule has 0 spiro atoms. The number of hydrogen-bond donors (Lipinski definition) is 1. The van der Waals surface area contributed by atoms with Gasteiger partial charge < -0.3 is 9.84 Å². The van der Waals surface area contributed by atoms with Gasteiger partial charge in [-0.05, 0) is 41.2 Å². The Hall–Kier alpha value is 0.100. The van der Waals surface area contributed by atoms with Crippen LogP contribution in [0.3, 0.4) is 0 Å². The van der Waals surface area contributed by atoms with Gasteiger partial charge in [0.2, 0.25) is 0 Å². The second kappa shape index (κ2) is 4.75. The fourth-order valence-electron chi connectivity index (χ4n) is 1.17. The highest BCUT2D eigenvalue weighted by Gasteiger charge is 2.29. The molecule has 0 saturated carbocycles. The zero-order chi connectivity index (χ0) is 10.8. The summed E-state index contributed by atoms with van der Waals surface area (Å²) in [5, 5.41) is 12.1. The molecule has 0 aliphatic heterocycles. The largest absolute Gasteiger partial charge is 0.387 e. The molecule has 0 radical (unpaired) electrons. The Labute approximate surface area is 97.0 Å². The number of thiophene rings is 1. The number of ether oxygens (including phenoxy) is 1. The van der Waals surface area contributed by atoms with E-state index in [1.807, 2.05) is 18.4 Å². The van der Waals surface area contributed by atoms with E-state index in [0.717, 1.165) is 9.35 Å². The van der Waals surface area contributed by atoms with E-state index in [0.29, 0.717) is 6.42 Å². The summed E-state index contributed by atoms with van der Waals surface area (Å²) in [5.74, 6) is 0. The van der Waals surface area contributed by atoms with E-state index >= 15 is 0 Å². The standard InChI is InChI=1S/C10H15BrO2S/c1-7(13-3)10(2,12)6-9-8(11)4-5-14-9/h4-5,7,12H,6H2,1-3H3. The van der Waals surface area contributed by atoms with Crippen LogP contribution in [0, 0.1) is 0 Å². The van der Waals surface area contributed by atoms with E-state index < -0.39 is 5.60 Å². The molecule has 0 saturated heterocycles. The summed E-state index contributed by atoms with van der Waals surface area (Å²) < 4.78 is 6.20. The lowest BCUT2D eigenvalue weighted by Crippen LogP contribution is -2.40. The Morgan fingerprint density at radius 1 is 1.71 bits per heavy atom. The quantitative estimate of drug-likeness (QED) is 0.918. The van der Waals surface area contributed by atoms with Crippen LogP contribution in [0.25, 0.3) is 0 Å². The maximum atomic E-state index is 10.1. The minimum absolute atomic E-state index is 0.170. The number of methoxy groups -OCH3 is 1. The van der Waals surface area contributed by atoms with Gasteiger partial charge in [0.1, 0.15) is 0 Å². The molecule has 0 bridgehead atoms. The Bertz CT molecular complexity index is 296. The molecule has 0 fully saturated rings. The SMILES string of the molecule is COC(C)C(C)(O)Cc1sccc1Br. The van der Waals surface area contributed by atoms with Gasteiger partial charge in [-0.1, -0.05) is 0 Å². The predicted molar refractivity (Wildman–Crippen MR) is 62.8 cm³/mol. The van der Waals surface area contributed by atoms with E-state index in [4.69, 9.17) is 4.74 Å². The first-order valence-corrected chi connectivity index (χ1v) is 6.11. The number of hydrogen-bond acceptors (Lipinski definition) is 3. The molecule has 0 aromatic carbocycles. The molecule has 2 atom stereocenters. The van der Waals surface area contributed by atoms with Crippen LogP contribution < -0.4 is 0 Å². The average molecular weight is 279 g/mol. The molecule has 4 heteroatoms. The first-order chi connectivity index (χ1) is 6.47. The van der Waals surface area contributed by atoms with Crippen molar-refractivity contribution in [3.05, 3.63) is 20.8 Å². The highest BCUT2D eigenvalue weighted by molar-refractivity contribution is 9.10. The van der Waals surface area contributed by atoms with Gasteiger partial charge in [-0.3, -0.25) is 0 Å². The van der Waals surface area contributed by atoms with Gasteiger partial charge in [-0.15, -0.1) is 11.3 Å². The molecule has 2 unspecified atom stereocenters. The third-order valence-electron chi connectivity index (χ3n) is 2.44. The molecule has 1 heterocycles. The van der Waals surface area contributed by atoms with Gasteiger partial charge in [0.25, 0.3) is 0 Å². The summed E-state index contributed by atoms with van der Waals surface area (Å²) in [6.07, 6.45) is 0.441. The molecule has 0 aliphatic rings. The molecule has 1 rings (SSSR count). The van der Waals surface area contributed by atoms with Gasteiger partial charge in [0.15, 0.2) is 0 Å². The van der Waals surface area contributed by atoms with Crippen molar-refractivity contribution >= 4 is 27.3 Å². The fourth-order valence-corrected chi connectivity index (χ4v) is 2.83. The molecule has 14 heavy (non-hydrogen) atoms. The van der Waals surface area contributed by atoms with Gasteiger partial charge in [0.05, 0.1) is 11.7 Å². The van der Waals surface area contributed by atoms with Crippen molar-refractivity contribution in [3.63, 3.8) is 0 Å². The summed E-state index contributed by atoms with van der Waals surface area (Å²) >= 11 is 5.09. The van der Waals surface area contributed by atoms with E-state index in [1.165, 1.54) is 0 Å². The van der Waals surface area contributed by atoms with Gasteiger partial charge >= 0.3 is 0 Å². The van der Waals surface area contributed by atoms with Crippen LogP contribution in [0.1, 0.15) is 18.7 Å². The number of aliphatic hydroxyl groups is 1. The zero-order valence-electron chi connectivity index (χ0n) is 8.58. The third-order valence-corrected chi connectivity index (χ3v) is 4.37. The van der Waals surface area contributed by atoms with Crippen LogP contribution in [0.2, 0.25) is 0 Å². The van der Waals surface area contributed by atoms with Gasteiger partial charge in [-0.2, -0.15) is 0 Å². The molecular weight excluding hydrogens is 264 g/mol. The average Bonchev–Trinajstić information content (AvgIpc) is 2.50. The Kier molecular flexibility index (Phi) is 4.13.